The van der Waals surface area contributed by atoms with Crippen LogP contribution in [0.1, 0.15) is 40.2 Å². The maximum Gasteiger partial charge on any atom is 0.410 e. The van der Waals surface area contributed by atoms with Crippen LogP contribution in [0.4, 0.5) is 4.79 Å². The zero-order valence-corrected chi connectivity index (χ0v) is 21.4. The van der Waals surface area contributed by atoms with Gasteiger partial charge in [0.2, 0.25) is 0 Å². The molecule has 0 spiro atoms. The minimum absolute atomic E-state index is 0.0372. The molecule has 1 amide bonds. The third-order valence-corrected chi connectivity index (χ3v) is 10.1. The molecule has 0 radical (unpaired) electrons. The molecular formula is C25H41NO4Si. The summed E-state index contributed by atoms with van der Waals surface area (Å²) in [7, 11) is -2.10. The Morgan fingerprint density at radius 3 is 2.39 bits per heavy atom. The summed E-state index contributed by atoms with van der Waals surface area (Å²) >= 11 is 0. The van der Waals surface area contributed by atoms with Gasteiger partial charge in [-0.2, -0.15) is 0 Å². The van der Waals surface area contributed by atoms with Gasteiger partial charge >= 0.3 is 6.09 Å². The van der Waals surface area contributed by atoms with Gasteiger partial charge in [-0.15, -0.1) is 6.58 Å². The number of allylic oxidation sites excluding steroid dienone is 1. The largest absolute Gasteiger partial charge is 0.450 e. The summed E-state index contributed by atoms with van der Waals surface area (Å²) in [5.41, 5.74) is 1.08. The Labute approximate surface area is 190 Å². The highest BCUT2D eigenvalue weighted by Crippen LogP contribution is 2.38. The van der Waals surface area contributed by atoms with Crippen LogP contribution in [-0.4, -0.2) is 51.2 Å². The molecule has 2 atom stereocenters. The molecule has 1 rings (SSSR count). The van der Waals surface area contributed by atoms with Gasteiger partial charge in [-0.05, 0) is 37.5 Å². The topological polar surface area (TPSA) is 48.0 Å². The minimum atomic E-state index is -2.10. The van der Waals surface area contributed by atoms with E-state index in [2.05, 4.69) is 40.4 Å². The number of rotatable bonds is 12. The molecule has 0 bridgehead atoms. The summed E-state index contributed by atoms with van der Waals surface area (Å²) in [5, 5.41) is 0.0372. The monoisotopic (exact) mass is 447 g/mol. The average molecular weight is 448 g/mol. The standard InChI is InChI=1S/C25H41NO4Si/c1-9-15-23(30-31(7,8)25(4,5)6)22(26(18-10-2)24(27)29-11-3)20-28-19-21-16-13-12-14-17-21/h9-10,12-17,22-23H,2,11,18-20H2,1,3-8H3/b15-9+/t22-,23-/m1/s1. The van der Waals surface area contributed by atoms with Crippen LogP contribution >= 0.6 is 0 Å². The van der Waals surface area contributed by atoms with Gasteiger partial charge in [0, 0.05) is 6.54 Å². The Bertz CT molecular complexity index is 697. The maximum atomic E-state index is 12.8. The first-order chi connectivity index (χ1) is 14.6. The van der Waals surface area contributed by atoms with Crippen molar-refractivity contribution < 1.29 is 18.7 Å². The summed E-state index contributed by atoms with van der Waals surface area (Å²) in [5.74, 6) is 0. The molecule has 0 saturated heterocycles. The van der Waals surface area contributed by atoms with Crippen molar-refractivity contribution in [1.82, 2.24) is 4.90 Å². The van der Waals surface area contributed by atoms with E-state index < -0.39 is 8.32 Å². The first-order valence-corrected chi connectivity index (χ1v) is 13.9. The molecule has 0 fully saturated rings. The van der Waals surface area contributed by atoms with Crippen molar-refractivity contribution in [3.63, 3.8) is 0 Å². The molecule has 0 aliphatic heterocycles. The van der Waals surface area contributed by atoms with Crippen LogP contribution in [0.25, 0.3) is 0 Å². The Morgan fingerprint density at radius 2 is 1.87 bits per heavy atom. The fourth-order valence-electron chi connectivity index (χ4n) is 2.88. The lowest BCUT2D eigenvalue weighted by Gasteiger charge is -2.42. The van der Waals surface area contributed by atoms with E-state index in [9.17, 15) is 4.79 Å². The fraction of sp³-hybridized carbons (Fsp3) is 0.560. The van der Waals surface area contributed by atoms with E-state index in [4.69, 9.17) is 13.9 Å². The van der Waals surface area contributed by atoms with Gasteiger partial charge in [0.05, 0.1) is 32.0 Å². The SMILES string of the molecule is C=CCN(C(=O)OCC)[C@H](COCc1ccccc1)[C@@H](/C=C/C)O[Si](C)(C)C(C)(C)C. The van der Waals surface area contributed by atoms with Gasteiger partial charge < -0.3 is 13.9 Å². The molecular weight excluding hydrogens is 406 g/mol. The first-order valence-electron chi connectivity index (χ1n) is 11.0. The molecule has 1 aromatic rings. The van der Waals surface area contributed by atoms with Gasteiger partial charge in [0.15, 0.2) is 8.32 Å². The fourth-order valence-corrected chi connectivity index (χ4v) is 4.15. The molecule has 0 heterocycles. The second kappa shape index (κ2) is 12.8. The second-order valence-electron chi connectivity index (χ2n) is 9.08. The van der Waals surface area contributed by atoms with Gasteiger partial charge in [-0.3, -0.25) is 4.90 Å². The van der Waals surface area contributed by atoms with Gasteiger partial charge in [0.25, 0.3) is 0 Å². The summed E-state index contributed by atoms with van der Waals surface area (Å²) in [6.07, 6.45) is 5.00. The zero-order valence-electron chi connectivity index (χ0n) is 20.4. The van der Waals surface area contributed by atoms with Crippen LogP contribution in [0.5, 0.6) is 0 Å². The van der Waals surface area contributed by atoms with Crippen LogP contribution in [0, 0.1) is 0 Å². The van der Waals surface area contributed by atoms with E-state index in [0.29, 0.717) is 26.4 Å². The third kappa shape index (κ3) is 8.63. The maximum absolute atomic E-state index is 12.8. The molecule has 0 aliphatic carbocycles. The first kappa shape index (κ1) is 27.1. The lowest BCUT2D eigenvalue weighted by molar-refractivity contribution is 0.00611. The minimum Gasteiger partial charge on any atom is -0.450 e. The van der Waals surface area contributed by atoms with Crippen LogP contribution in [-0.2, 0) is 20.5 Å². The Hall–Kier alpha value is -1.89. The quantitative estimate of drug-likeness (QED) is 0.283. The molecule has 1 aromatic carbocycles. The van der Waals surface area contributed by atoms with E-state index in [1.807, 2.05) is 49.4 Å². The van der Waals surface area contributed by atoms with Gasteiger partial charge in [-0.1, -0.05) is 69.3 Å². The lowest BCUT2D eigenvalue weighted by atomic mass is 10.1. The highest BCUT2D eigenvalue weighted by molar-refractivity contribution is 6.74. The van der Waals surface area contributed by atoms with E-state index in [1.165, 1.54) is 0 Å². The van der Waals surface area contributed by atoms with Crippen molar-refractivity contribution in [2.24, 2.45) is 0 Å². The molecule has 0 N–H and O–H groups in total. The zero-order chi connectivity index (χ0) is 23.5. The van der Waals surface area contributed by atoms with Gasteiger partial charge in [0.1, 0.15) is 0 Å². The number of ether oxygens (including phenoxy) is 2. The van der Waals surface area contributed by atoms with Crippen molar-refractivity contribution in [2.75, 3.05) is 19.8 Å². The summed E-state index contributed by atoms with van der Waals surface area (Å²) in [6.45, 7) is 20.1. The highest BCUT2D eigenvalue weighted by atomic mass is 28.4. The summed E-state index contributed by atoms with van der Waals surface area (Å²) < 4.78 is 18.2. The number of carbonyl (C=O) groups excluding carboxylic acids is 1. The average Bonchev–Trinajstić information content (AvgIpc) is 2.69. The molecule has 0 saturated carbocycles. The number of amides is 1. The molecule has 0 unspecified atom stereocenters. The predicted molar refractivity (Wildman–Crippen MR) is 131 cm³/mol. The number of hydrogen-bond donors (Lipinski definition) is 0. The normalized spacial score (nSPS) is 14.3. The van der Waals surface area contributed by atoms with Gasteiger partial charge in [-0.25, -0.2) is 4.79 Å². The molecule has 6 heteroatoms. The molecule has 31 heavy (non-hydrogen) atoms. The van der Waals surface area contributed by atoms with Crippen LogP contribution in [0.15, 0.2) is 55.1 Å². The second-order valence-corrected chi connectivity index (χ2v) is 13.8. The van der Waals surface area contributed by atoms with Crippen LogP contribution in [0.3, 0.4) is 0 Å². The lowest BCUT2D eigenvalue weighted by Crippen LogP contribution is -2.54. The Balaban J connectivity index is 3.20. The van der Waals surface area contributed by atoms with Crippen molar-refractivity contribution in [1.29, 1.82) is 0 Å². The Morgan fingerprint density at radius 1 is 1.23 bits per heavy atom. The van der Waals surface area contributed by atoms with Crippen molar-refractivity contribution in [3.05, 3.63) is 60.7 Å². The van der Waals surface area contributed by atoms with Crippen LogP contribution in [0.2, 0.25) is 18.1 Å². The summed E-state index contributed by atoms with van der Waals surface area (Å²) in [4.78, 5) is 14.5. The summed E-state index contributed by atoms with van der Waals surface area (Å²) in [6, 6.07) is 9.67. The van der Waals surface area contributed by atoms with E-state index in [1.54, 1.807) is 17.9 Å². The van der Waals surface area contributed by atoms with Crippen molar-refractivity contribution in [2.45, 2.75) is 71.5 Å². The highest BCUT2D eigenvalue weighted by Gasteiger charge is 2.42. The number of nitrogens with zero attached hydrogens (tertiary/aromatic N) is 1. The van der Waals surface area contributed by atoms with Crippen molar-refractivity contribution >= 4 is 14.4 Å². The smallest absolute Gasteiger partial charge is 0.410 e. The number of hydrogen-bond acceptors (Lipinski definition) is 4. The van der Waals surface area contributed by atoms with Crippen LogP contribution < -0.4 is 0 Å². The van der Waals surface area contributed by atoms with E-state index >= 15 is 0 Å². The number of benzene rings is 1. The molecule has 0 aromatic heterocycles. The van der Waals surface area contributed by atoms with E-state index in [0.717, 1.165) is 5.56 Å². The predicted octanol–water partition coefficient (Wildman–Crippen LogP) is 6.18. The third-order valence-electron chi connectivity index (χ3n) is 5.63. The van der Waals surface area contributed by atoms with E-state index in [-0.39, 0.29) is 23.3 Å². The Kier molecular flexibility index (Phi) is 11.2. The molecule has 0 aliphatic rings. The van der Waals surface area contributed by atoms with Crippen molar-refractivity contribution in [3.8, 4) is 0 Å². The molecule has 174 valence electrons. The number of carbonyl (C=O) groups is 1. The molecule has 5 nitrogen and oxygen atoms in total.